The molecule has 1 aliphatic carbocycles. The molecule has 7 nitrogen and oxygen atoms in total. The van der Waals surface area contributed by atoms with Crippen LogP contribution < -0.4 is 5.32 Å². The summed E-state index contributed by atoms with van der Waals surface area (Å²) >= 11 is 0. The van der Waals surface area contributed by atoms with Crippen molar-refractivity contribution < 1.29 is 17.7 Å². The van der Waals surface area contributed by atoms with Gasteiger partial charge in [-0.2, -0.15) is 4.98 Å². The quantitative estimate of drug-likeness (QED) is 0.892. The average molecular weight is 335 g/mol. The lowest BCUT2D eigenvalue weighted by Gasteiger charge is -2.08. The van der Waals surface area contributed by atoms with Gasteiger partial charge in [0.25, 0.3) is 0 Å². The van der Waals surface area contributed by atoms with Crippen molar-refractivity contribution in [3.8, 4) is 0 Å². The van der Waals surface area contributed by atoms with Crippen molar-refractivity contribution in [3.05, 3.63) is 42.0 Å². The second-order valence-corrected chi connectivity index (χ2v) is 7.53. The van der Waals surface area contributed by atoms with Gasteiger partial charge in [0.2, 0.25) is 0 Å². The molecular weight excluding hydrogens is 318 g/mol. The number of aromatic nitrogens is 2. The van der Waals surface area contributed by atoms with E-state index in [2.05, 4.69) is 15.5 Å². The molecule has 0 saturated heterocycles. The van der Waals surface area contributed by atoms with E-state index in [1.165, 1.54) is 12.1 Å². The van der Waals surface area contributed by atoms with Crippen LogP contribution in [0.4, 0.5) is 0 Å². The number of amides is 1. The Kier molecular flexibility index (Phi) is 4.42. The van der Waals surface area contributed by atoms with E-state index in [0.717, 1.165) is 25.7 Å². The summed E-state index contributed by atoms with van der Waals surface area (Å²) in [7, 11) is -3.56. The van der Waals surface area contributed by atoms with Crippen LogP contribution in [0.1, 0.15) is 42.2 Å². The first kappa shape index (κ1) is 15.7. The first-order chi connectivity index (χ1) is 11.0. The van der Waals surface area contributed by atoms with Gasteiger partial charge in [-0.15, -0.1) is 0 Å². The molecule has 23 heavy (non-hydrogen) atoms. The fourth-order valence-electron chi connectivity index (χ4n) is 2.60. The number of hydrogen-bond acceptors (Lipinski definition) is 6. The van der Waals surface area contributed by atoms with Crippen LogP contribution in [-0.2, 0) is 15.6 Å². The minimum Gasteiger partial charge on any atom is -0.345 e. The highest BCUT2D eigenvalue weighted by atomic mass is 32.2. The molecule has 0 atom stereocenters. The molecule has 1 saturated carbocycles. The maximum Gasteiger partial charge on any atom is 0.315 e. The van der Waals surface area contributed by atoms with E-state index in [0.29, 0.717) is 0 Å². The van der Waals surface area contributed by atoms with E-state index in [4.69, 9.17) is 4.52 Å². The Balaban J connectivity index is 1.68. The fourth-order valence-corrected chi connectivity index (χ4v) is 3.80. The molecule has 8 heteroatoms. The summed E-state index contributed by atoms with van der Waals surface area (Å²) in [5, 5.41) is 6.41. The van der Waals surface area contributed by atoms with Gasteiger partial charge in [0.05, 0.1) is 4.90 Å². The second kappa shape index (κ2) is 6.49. The molecule has 122 valence electrons. The van der Waals surface area contributed by atoms with Crippen LogP contribution in [-0.4, -0.2) is 30.5 Å². The lowest BCUT2D eigenvalue weighted by atomic mass is 10.2. The van der Waals surface area contributed by atoms with Crippen molar-refractivity contribution >= 4 is 15.7 Å². The van der Waals surface area contributed by atoms with E-state index in [1.54, 1.807) is 18.2 Å². The number of hydrogen-bond donors (Lipinski definition) is 1. The van der Waals surface area contributed by atoms with Crippen molar-refractivity contribution in [3.63, 3.8) is 0 Å². The SMILES string of the molecule is O=C(NC1CCCC1)c1nc(CS(=O)(=O)c2ccccc2)no1. The smallest absolute Gasteiger partial charge is 0.315 e. The summed E-state index contributed by atoms with van der Waals surface area (Å²) in [5.74, 6) is -1.08. The number of carbonyl (C=O) groups excluding carboxylic acids is 1. The predicted molar refractivity (Wildman–Crippen MR) is 81.4 cm³/mol. The minimum absolute atomic E-state index is 0.0228. The minimum atomic E-state index is -3.56. The summed E-state index contributed by atoms with van der Waals surface area (Å²) < 4.78 is 29.4. The van der Waals surface area contributed by atoms with Crippen molar-refractivity contribution in [2.24, 2.45) is 0 Å². The van der Waals surface area contributed by atoms with Crippen molar-refractivity contribution in [2.75, 3.05) is 0 Å². The lowest BCUT2D eigenvalue weighted by Crippen LogP contribution is -2.32. The van der Waals surface area contributed by atoms with E-state index in [1.807, 2.05) is 0 Å². The maximum atomic E-state index is 12.2. The van der Waals surface area contributed by atoms with Crippen molar-refractivity contribution in [2.45, 2.75) is 42.4 Å². The summed E-state index contributed by atoms with van der Waals surface area (Å²) in [6, 6.07) is 8.16. The van der Waals surface area contributed by atoms with Gasteiger partial charge in [-0.05, 0) is 25.0 Å². The highest BCUT2D eigenvalue weighted by Crippen LogP contribution is 2.18. The number of nitrogens with one attached hydrogen (secondary N) is 1. The zero-order valence-electron chi connectivity index (χ0n) is 12.4. The first-order valence-corrected chi connectivity index (χ1v) is 9.11. The Morgan fingerprint density at radius 1 is 1.22 bits per heavy atom. The lowest BCUT2D eigenvalue weighted by molar-refractivity contribution is 0.0893. The van der Waals surface area contributed by atoms with Crippen LogP contribution >= 0.6 is 0 Å². The summed E-state index contributed by atoms with van der Waals surface area (Å²) in [5.41, 5.74) is 0. The second-order valence-electron chi connectivity index (χ2n) is 5.54. The van der Waals surface area contributed by atoms with Crippen LogP contribution in [0.3, 0.4) is 0 Å². The standard InChI is InChI=1S/C15H17N3O4S/c19-14(16-11-6-4-5-7-11)15-17-13(18-22-15)10-23(20,21)12-8-2-1-3-9-12/h1-3,8-9,11H,4-7,10H2,(H,16,19). The number of rotatable bonds is 5. The number of sulfone groups is 1. The van der Waals surface area contributed by atoms with Gasteiger partial charge < -0.3 is 9.84 Å². The van der Waals surface area contributed by atoms with Crippen molar-refractivity contribution in [1.29, 1.82) is 0 Å². The maximum absolute atomic E-state index is 12.2. The first-order valence-electron chi connectivity index (χ1n) is 7.46. The average Bonchev–Trinajstić information content (AvgIpc) is 3.19. The van der Waals surface area contributed by atoms with Gasteiger partial charge in [-0.3, -0.25) is 4.79 Å². The molecule has 1 amide bonds. The van der Waals surface area contributed by atoms with Gasteiger partial charge in [0.1, 0.15) is 5.75 Å². The topological polar surface area (TPSA) is 102 Å². The molecule has 0 radical (unpaired) electrons. The van der Waals surface area contributed by atoms with Crippen molar-refractivity contribution in [1.82, 2.24) is 15.5 Å². The van der Waals surface area contributed by atoms with Gasteiger partial charge >= 0.3 is 11.8 Å². The van der Waals surface area contributed by atoms with E-state index >= 15 is 0 Å². The largest absolute Gasteiger partial charge is 0.345 e. The molecule has 1 fully saturated rings. The summed E-state index contributed by atoms with van der Waals surface area (Å²) in [6.07, 6.45) is 4.06. The molecule has 1 aromatic heterocycles. The fraction of sp³-hybridized carbons (Fsp3) is 0.400. The highest BCUT2D eigenvalue weighted by molar-refractivity contribution is 7.90. The normalized spacial score (nSPS) is 15.7. The Bertz CT molecular complexity index is 780. The Morgan fingerprint density at radius 2 is 1.91 bits per heavy atom. The van der Waals surface area contributed by atoms with Gasteiger partial charge in [0.15, 0.2) is 15.7 Å². The predicted octanol–water partition coefficient (Wildman–Crippen LogP) is 1.72. The van der Waals surface area contributed by atoms with Crippen LogP contribution in [0.2, 0.25) is 0 Å². The Labute approximate surface area is 134 Å². The number of carbonyl (C=O) groups is 1. The monoisotopic (exact) mass is 335 g/mol. The van der Waals surface area contributed by atoms with E-state index in [9.17, 15) is 13.2 Å². The van der Waals surface area contributed by atoms with Crippen LogP contribution in [0.15, 0.2) is 39.8 Å². The Morgan fingerprint density at radius 3 is 2.61 bits per heavy atom. The van der Waals surface area contributed by atoms with E-state index < -0.39 is 21.5 Å². The molecule has 1 aliphatic rings. The Hall–Kier alpha value is -2.22. The number of benzene rings is 1. The molecule has 1 N–H and O–H groups in total. The molecule has 1 heterocycles. The number of nitrogens with zero attached hydrogens (tertiary/aromatic N) is 2. The third kappa shape index (κ3) is 3.76. The van der Waals surface area contributed by atoms with Crippen LogP contribution in [0.25, 0.3) is 0 Å². The summed E-state index contributed by atoms with van der Waals surface area (Å²) in [4.78, 5) is 16.1. The zero-order valence-corrected chi connectivity index (χ0v) is 13.3. The molecular formula is C15H17N3O4S. The third-order valence-electron chi connectivity index (χ3n) is 3.77. The molecule has 2 aromatic rings. The molecule has 0 bridgehead atoms. The molecule has 1 aromatic carbocycles. The molecule has 0 unspecified atom stereocenters. The van der Waals surface area contributed by atoms with Crippen LogP contribution in [0.5, 0.6) is 0 Å². The molecule has 0 spiro atoms. The van der Waals surface area contributed by atoms with Gasteiger partial charge in [-0.25, -0.2) is 8.42 Å². The molecule has 0 aliphatic heterocycles. The summed E-state index contributed by atoms with van der Waals surface area (Å²) in [6.45, 7) is 0. The van der Waals surface area contributed by atoms with Crippen LogP contribution in [0, 0.1) is 0 Å². The van der Waals surface area contributed by atoms with Gasteiger partial charge in [0, 0.05) is 6.04 Å². The van der Waals surface area contributed by atoms with Gasteiger partial charge in [-0.1, -0.05) is 36.2 Å². The van der Waals surface area contributed by atoms with E-state index in [-0.39, 0.29) is 22.7 Å². The zero-order chi connectivity index (χ0) is 16.3. The highest BCUT2D eigenvalue weighted by Gasteiger charge is 2.24. The third-order valence-corrected chi connectivity index (χ3v) is 5.40. The molecule has 3 rings (SSSR count).